The second-order valence-electron chi connectivity index (χ2n) is 8.36. The van der Waals surface area contributed by atoms with Crippen LogP contribution in [0, 0.1) is 0 Å². The van der Waals surface area contributed by atoms with Gasteiger partial charge in [0.2, 0.25) is 0 Å². The number of rotatable bonds is 18. The fraction of sp³-hybridized carbons (Fsp3) is 0.692. The zero-order valence-electron chi connectivity index (χ0n) is 18.9. The lowest BCUT2D eigenvalue weighted by molar-refractivity contribution is 0.0262. The molecular weight excluding hydrogens is 584 g/mol. The monoisotopic (exact) mass is 620 g/mol. The van der Waals surface area contributed by atoms with Gasteiger partial charge >= 0.3 is 0 Å². The van der Waals surface area contributed by atoms with E-state index in [9.17, 15) is 0 Å². The first-order valence-electron chi connectivity index (χ1n) is 12.1. The smallest absolute Gasteiger partial charge is 0.152 e. The molecule has 1 unspecified atom stereocenters. The van der Waals surface area contributed by atoms with E-state index in [1.54, 1.807) is 0 Å². The van der Waals surface area contributed by atoms with Crippen molar-refractivity contribution in [1.82, 2.24) is 0 Å². The first-order valence-corrected chi connectivity index (χ1v) is 15.1. The van der Waals surface area contributed by atoms with Crippen LogP contribution in [0.5, 0.6) is 0 Å². The lowest BCUT2D eigenvalue weighted by atomic mass is 9.93. The Morgan fingerprint density at radius 1 is 0.710 bits per heavy atom. The van der Waals surface area contributed by atoms with Gasteiger partial charge in [0.15, 0.2) is 4.51 Å². The second kappa shape index (κ2) is 16.7. The first-order chi connectivity index (χ1) is 15.2. The third-order valence-corrected chi connectivity index (χ3v) is 7.89. The summed E-state index contributed by atoms with van der Waals surface area (Å²) >= 11 is 10.9. The summed E-state index contributed by atoms with van der Waals surface area (Å²) < 4.78 is 12.1. The van der Waals surface area contributed by atoms with E-state index in [0.717, 1.165) is 54.5 Å². The molecule has 0 radical (unpaired) electrons. The Labute approximate surface area is 215 Å². The summed E-state index contributed by atoms with van der Waals surface area (Å²) in [5.41, 5.74) is 2.36. The van der Waals surface area contributed by atoms with E-state index in [1.807, 2.05) is 0 Å². The number of ether oxygens (including phenoxy) is 2. The molecule has 1 aliphatic carbocycles. The molecule has 0 bridgehead atoms. The van der Waals surface area contributed by atoms with Crippen molar-refractivity contribution in [2.75, 3.05) is 23.9 Å². The Bertz CT molecular complexity index is 635. The van der Waals surface area contributed by atoms with E-state index < -0.39 is 4.51 Å². The van der Waals surface area contributed by atoms with Crippen LogP contribution in [-0.2, 0) is 14.0 Å². The molecule has 176 valence electrons. The molecule has 0 spiro atoms. The lowest BCUT2D eigenvalue weighted by Crippen LogP contribution is -2.27. The summed E-state index contributed by atoms with van der Waals surface area (Å²) in [4.78, 5) is 0. The highest BCUT2D eigenvalue weighted by Crippen LogP contribution is 2.45. The minimum Gasteiger partial charge on any atom is -0.493 e. The van der Waals surface area contributed by atoms with E-state index in [-0.39, 0.29) is 0 Å². The fourth-order valence-electron chi connectivity index (χ4n) is 3.96. The van der Waals surface area contributed by atoms with Crippen LogP contribution in [0.3, 0.4) is 0 Å². The van der Waals surface area contributed by atoms with Crippen molar-refractivity contribution in [2.45, 2.75) is 88.0 Å². The number of hydrogen-bond donors (Lipinski definition) is 0. The summed E-state index contributed by atoms with van der Waals surface area (Å²) in [5, 5.41) is 2.25. The standard InChI is InChI=1S/C26H39Br3O2/c27-19-11-5-1-3-7-13-21-30-25-17-18-26(29,24-16-10-9-15-23(24)25)31-22-14-8-4-2-6-12-20-28/h9-10,15-17H,1-8,11-14,18-22H2. The maximum atomic E-state index is 6.37. The Morgan fingerprint density at radius 2 is 1.26 bits per heavy atom. The van der Waals surface area contributed by atoms with Gasteiger partial charge in [0.05, 0.1) is 6.61 Å². The minimum absolute atomic E-state index is 0.429. The molecule has 0 saturated carbocycles. The summed E-state index contributed by atoms with van der Waals surface area (Å²) in [6.07, 6.45) is 18.2. The van der Waals surface area contributed by atoms with Gasteiger partial charge in [0.1, 0.15) is 5.76 Å². The largest absolute Gasteiger partial charge is 0.493 e. The van der Waals surface area contributed by atoms with Crippen molar-refractivity contribution in [3.63, 3.8) is 0 Å². The lowest BCUT2D eigenvalue weighted by Gasteiger charge is -2.33. The number of benzene rings is 1. The van der Waals surface area contributed by atoms with Crippen LogP contribution in [0.4, 0.5) is 0 Å². The summed E-state index contributed by atoms with van der Waals surface area (Å²) in [5.74, 6) is 1.01. The van der Waals surface area contributed by atoms with Crippen molar-refractivity contribution >= 4 is 53.5 Å². The minimum atomic E-state index is -0.429. The molecule has 0 N–H and O–H groups in total. The molecule has 1 aromatic carbocycles. The van der Waals surface area contributed by atoms with E-state index in [2.05, 4.69) is 78.1 Å². The normalized spacial score (nSPS) is 18.0. The highest BCUT2D eigenvalue weighted by atomic mass is 79.9. The Kier molecular flexibility index (Phi) is 14.8. The van der Waals surface area contributed by atoms with Crippen molar-refractivity contribution in [2.24, 2.45) is 0 Å². The molecule has 2 rings (SSSR count). The molecule has 2 nitrogen and oxygen atoms in total. The molecule has 31 heavy (non-hydrogen) atoms. The molecule has 1 atom stereocenters. The zero-order chi connectivity index (χ0) is 22.2. The van der Waals surface area contributed by atoms with E-state index in [1.165, 1.54) is 69.8 Å². The van der Waals surface area contributed by atoms with Gasteiger partial charge in [-0.05, 0) is 47.7 Å². The Balaban J connectivity index is 1.74. The third-order valence-electron chi connectivity index (χ3n) is 5.79. The summed E-state index contributed by atoms with van der Waals surface area (Å²) in [6, 6.07) is 8.51. The fourth-order valence-corrected chi connectivity index (χ4v) is 5.43. The molecule has 1 aromatic rings. The topological polar surface area (TPSA) is 18.5 Å². The van der Waals surface area contributed by atoms with Gasteiger partial charge in [0, 0.05) is 34.8 Å². The van der Waals surface area contributed by atoms with Gasteiger partial charge in [-0.25, -0.2) is 0 Å². The number of hydrogen-bond acceptors (Lipinski definition) is 2. The zero-order valence-corrected chi connectivity index (χ0v) is 23.6. The van der Waals surface area contributed by atoms with Gasteiger partial charge < -0.3 is 9.47 Å². The maximum Gasteiger partial charge on any atom is 0.152 e. The Hall–Kier alpha value is 0.160. The van der Waals surface area contributed by atoms with Crippen LogP contribution in [0.2, 0.25) is 0 Å². The van der Waals surface area contributed by atoms with E-state index in [4.69, 9.17) is 9.47 Å². The quantitative estimate of drug-likeness (QED) is 0.120. The molecule has 0 saturated heterocycles. The van der Waals surface area contributed by atoms with Crippen molar-refractivity contribution in [3.05, 3.63) is 41.5 Å². The summed E-state index contributed by atoms with van der Waals surface area (Å²) in [6.45, 7) is 1.58. The average molecular weight is 623 g/mol. The number of unbranched alkanes of at least 4 members (excludes halogenated alkanes) is 10. The third kappa shape index (κ3) is 10.3. The maximum absolute atomic E-state index is 6.37. The van der Waals surface area contributed by atoms with E-state index >= 15 is 0 Å². The predicted octanol–water partition coefficient (Wildman–Crippen LogP) is 9.48. The molecular formula is C26H39Br3O2. The Morgan fingerprint density at radius 3 is 1.90 bits per heavy atom. The van der Waals surface area contributed by atoms with Gasteiger partial charge in [-0.2, -0.15) is 0 Å². The van der Waals surface area contributed by atoms with Crippen molar-refractivity contribution in [3.8, 4) is 0 Å². The van der Waals surface area contributed by atoms with Crippen LogP contribution < -0.4 is 0 Å². The second-order valence-corrected chi connectivity index (χ2v) is 11.2. The summed E-state index contributed by atoms with van der Waals surface area (Å²) in [7, 11) is 0. The number of alkyl halides is 3. The van der Waals surface area contributed by atoms with Crippen LogP contribution in [0.15, 0.2) is 30.3 Å². The van der Waals surface area contributed by atoms with Crippen molar-refractivity contribution in [1.29, 1.82) is 0 Å². The molecule has 0 heterocycles. The van der Waals surface area contributed by atoms with Crippen LogP contribution in [-0.4, -0.2) is 23.9 Å². The molecule has 0 aliphatic heterocycles. The van der Waals surface area contributed by atoms with Crippen LogP contribution in [0.25, 0.3) is 5.76 Å². The highest BCUT2D eigenvalue weighted by Gasteiger charge is 2.35. The molecule has 0 fully saturated rings. The van der Waals surface area contributed by atoms with Crippen LogP contribution in [0.1, 0.15) is 94.6 Å². The molecule has 1 aliphatic rings. The number of fused-ring (bicyclic) bond motifs is 1. The first kappa shape index (κ1) is 27.4. The molecule has 0 aromatic heterocycles. The predicted molar refractivity (Wildman–Crippen MR) is 145 cm³/mol. The molecule has 0 amide bonds. The highest BCUT2D eigenvalue weighted by molar-refractivity contribution is 9.09. The van der Waals surface area contributed by atoms with Gasteiger partial charge in [0.25, 0.3) is 0 Å². The van der Waals surface area contributed by atoms with Gasteiger partial charge in [-0.1, -0.05) is 107 Å². The van der Waals surface area contributed by atoms with Gasteiger partial charge in [-0.15, -0.1) is 0 Å². The van der Waals surface area contributed by atoms with Crippen molar-refractivity contribution < 1.29 is 9.47 Å². The van der Waals surface area contributed by atoms with E-state index in [0.29, 0.717) is 0 Å². The SMILES string of the molecule is BrCCCCCCCCOC1=CCC(Br)(OCCCCCCCCBr)c2ccccc21. The average Bonchev–Trinajstić information content (AvgIpc) is 2.79. The van der Waals surface area contributed by atoms with Crippen LogP contribution >= 0.6 is 47.8 Å². The molecule has 5 heteroatoms. The van der Waals surface area contributed by atoms with Gasteiger partial charge in [-0.3, -0.25) is 0 Å². The number of halogens is 3.